The van der Waals surface area contributed by atoms with Gasteiger partial charge >= 0.3 is 0 Å². The fraction of sp³-hybridized carbons (Fsp3) is 0.385. The van der Waals surface area contributed by atoms with Crippen LogP contribution in [0, 0.1) is 0 Å². The zero-order chi connectivity index (χ0) is 13.8. The fourth-order valence-electron chi connectivity index (χ4n) is 1.68. The number of ether oxygens (including phenoxy) is 1. The molecule has 0 radical (unpaired) electrons. The van der Waals surface area contributed by atoms with Crippen molar-refractivity contribution in [2.45, 2.75) is 26.3 Å². The number of nitrogens with zero attached hydrogens (tertiary/aromatic N) is 2. The molecule has 1 heterocycles. The molecular weight excluding hydrogens is 326 g/mol. The normalized spacial score (nSPS) is 12.2. The van der Waals surface area contributed by atoms with Crippen molar-refractivity contribution in [2.75, 3.05) is 12.4 Å². The summed E-state index contributed by atoms with van der Waals surface area (Å²) >= 11 is 5.10. The minimum absolute atomic E-state index is 0.167. The van der Waals surface area contributed by atoms with Gasteiger partial charge in [0.2, 0.25) is 5.13 Å². The van der Waals surface area contributed by atoms with Gasteiger partial charge in [-0.15, -0.1) is 10.2 Å². The minimum atomic E-state index is 0.167. The molecule has 0 spiro atoms. The van der Waals surface area contributed by atoms with E-state index in [2.05, 4.69) is 51.4 Å². The molecule has 1 aromatic heterocycles. The highest BCUT2D eigenvalue weighted by atomic mass is 79.9. The molecule has 0 aliphatic rings. The molecular formula is C13H16BrN3OS. The fourth-order valence-corrected chi connectivity index (χ4v) is 3.00. The first-order chi connectivity index (χ1) is 9.13. The van der Waals surface area contributed by atoms with E-state index in [1.54, 1.807) is 18.4 Å². The minimum Gasteiger partial charge on any atom is -0.496 e. The van der Waals surface area contributed by atoms with Crippen LogP contribution in [-0.2, 0) is 6.42 Å². The van der Waals surface area contributed by atoms with Crippen LogP contribution < -0.4 is 10.1 Å². The van der Waals surface area contributed by atoms with Crippen molar-refractivity contribution in [3.8, 4) is 5.75 Å². The predicted octanol–water partition coefficient (Wildman–Crippen LogP) is 4.04. The summed E-state index contributed by atoms with van der Waals surface area (Å²) < 4.78 is 6.18. The second-order valence-electron chi connectivity index (χ2n) is 4.11. The Hall–Kier alpha value is -1.14. The van der Waals surface area contributed by atoms with Crippen LogP contribution in [0.25, 0.3) is 0 Å². The van der Waals surface area contributed by atoms with E-state index in [1.807, 2.05) is 12.1 Å². The molecule has 1 unspecified atom stereocenters. The van der Waals surface area contributed by atoms with Gasteiger partial charge in [0.25, 0.3) is 0 Å². The third-order valence-corrected chi connectivity index (χ3v) is 4.40. The van der Waals surface area contributed by atoms with Crippen LogP contribution in [0.2, 0.25) is 0 Å². The number of aryl methyl sites for hydroxylation is 1. The summed E-state index contributed by atoms with van der Waals surface area (Å²) in [5, 5.41) is 13.5. The number of benzene rings is 1. The van der Waals surface area contributed by atoms with Crippen LogP contribution in [0.3, 0.4) is 0 Å². The number of nitrogens with one attached hydrogen (secondary N) is 1. The molecule has 0 aliphatic heterocycles. The molecule has 0 aliphatic carbocycles. The summed E-state index contributed by atoms with van der Waals surface area (Å²) in [6.07, 6.45) is 0.918. The van der Waals surface area contributed by atoms with Gasteiger partial charge in [-0.05, 0) is 47.0 Å². The second kappa shape index (κ2) is 6.34. The van der Waals surface area contributed by atoms with Gasteiger partial charge in [-0.25, -0.2) is 0 Å². The molecule has 0 saturated heterocycles. The molecule has 2 rings (SSSR count). The molecule has 19 heavy (non-hydrogen) atoms. The van der Waals surface area contributed by atoms with E-state index in [-0.39, 0.29) is 6.04 Å². The Morgan fingerprint density at radius 1 is 1.42 bits per heavy atom. The quantitative estimate of drug-likeness (QED) is 0.891. The third kappa shape index (κ3) is 3.45. The van der Waals surface area contributed by atoms with Crippen LogP contribution in [-0.4, -0.2) is 17.3 Å². The van der Waals surface area contributed by atoms with Crippen molar-refractivity contribution < 1.29 is 4.74 Å². The lowest BCUT2D eigenvalue weighted by molar-refractivity contribution is 0.412. The van der Waals surface area contributed by atoms with Gasteiger partial charge in [0.05, 0.1) is 17.6 Å². The number of hydrogen-bond acceptors (Lipinski definition) is 5. The van der Waals surface area contributed by atoms with Gasteiger partial charge in [-0.2, -0.15) is 0 Å². The lowest BCUT2D eigenvalue weighted by Crippen LogP contribution is -2.06. The molecule has 1 aromatic carbocycles. The number of rotatable bonds is 5. The molecule has 102 valence electrons. The van der Waals surface area contributed by atoms with Crippen molar-refractivity contribution in [3.63, 3.8) is 0 Å². The van der Waals surface area contributed by atoms with E-state index in [0.29, 0.717) is 0 Å². The Morgan fingerprint density at radius 3 is 2.79 bits per heavy atom. The Morgan fingerprint density at radius 2 is 2.21 bits per heavy atom. The van der Waals surface area contributed by atoms with E-state index in [0.717, 1.165) is 26.8 Å². The van der Waals surface area contributed by atoms with E-state index in [4.69, 9.17) is 4.74 Å². The average Bonchev–Trinajstić information content (AvgIpc) is 2.86. The smallest absolute Gasteiger partial charge is 0.206 e. The molecule has 2 aromatic rings. The van der Waals surface area contributed by atoms with Crippen LogP contribution in [0.4, 0.5) is 5.13 Å². The number of methoxy groups -OCH3 is 1. The molecule has 0 saturated carbocycles. The summed E-state index contributed by atoms with van der Waals surface area (Å²) in [4.78, 5) is 0. The van der Waals surface area contributed by atoms with Crippen molar-refractivity contribution in [1.82, 2.24) is 10.2 Å². The lowest BCUT2D eigenvalue weighted by atomic mass is 10.1. The Labute approximate surface area is 125 Å². The Bertz CT molecular complexity index is 559. The van der Waals surface area contributed by atoms with Gasteiger partial charge in [-0.1, -0.05) is 24.3 Å². The zero-order valence-electron chi connectivity index (χ0n) is 11.1. The van der Waals surface area contributed by atoms with Crippen molar-refractivity contribution in [2.24, 2.45) is 0 Å². The molecule has 4 nitrogen and oxygen atoms in total. The highest BCUT2D eigenvalue weighted by Gasteiger charge is 2.10. The van der Waals surface area contributed by atoms with Gasteiger partial charge in [0.1, 0.15) is 10.8 Å². The molecule has 0 bridgehead atoms. The molecule has 6 heteroatoms. The van der Waals surface area contributed by atoms with Crippen LogP contribution in [0.1, 0.15) is 30.5 Å². The first-order valence-electron chi connectivity index (χ1n) is 6.06. The highest BCUT2D eigenvalue weighted by Crippen LogP contribution is 2.29. The Kier molecular flexibility index (Phi) is 4.76. The maximum absolute atomic E-state index is 5.23. The van der Waals surface area contributed by atoms with Gasteiger partial charge < -0.3 is 10.1 Å². The summed E-state index contributed by atoms with van der Waals surface area (Å²) in [6.45, 7) is 4.18. The maximum Gasteiger partial charge on any atom is 0.206 e. The second-order valence-corrected chi connectivity index (χ2v) is 6.03. The van der Waals surface area contributed by atoms with Crippen molar-refractivity contribution in [1.29, 1.82) is 0 Å². The molecule has 0 amide bonds. The monoisotopic (exact) mass is 341 g/mol. The number of halogens is 1. The topological polar surface area (TPSA) is 47.0 Å². The third-order valence-electron chi connectivity index (χ3n) is 2.79. The summed E-state index contributed by atoms with van der Waals surface area (Å²) in [5.41, 5.74) is 1.17. The van der Waals surface area contributed by atoms with Gasteiger partial charge in [-0.3, -0.25) is 0 Å². The van der Waals surface area contributed by atoms with E-state index in [9.17, 15) is 0 Å². The van der Waals surface area contributed by atoms with Crippen LogP contribution in [0.5, 0.6) is 5.75 Å². The average molecular weight is 342 g/mol. The molecule has 0 fully saturated rings. The number of hydrogen-bond donors (Lipinski definition) is 1. The first kappa shape index (κ1) is 14.3. The first-order valence-corrected chi connectivity index (χ1v) is 7.67. The van der Waals surface area contributed by atoms with Crippen LogP contribution >= 0.6 is 27.3 Å². The summed E-state index contributed by atoms with van der Waals surface area (Å²) in [6, 6.07) is 6.22. The van der Waals surface area contributed by atoms with Crippen LogP contribution in [0.15, 0.2) is 22.7 Å². The highest BCUT2D eigenvalue weighted by molar-refractivity contribution is 9.10. The van der Waals surface area contributed by atoms with Gasteiger partial charge in [0.15, 0.2) is 0 Å². The van der Waals surface area contributed by atoms with Crippen molar-refractivity contribution >= 4 is 32.4 Å². The zero-order valence-corrected chi connectivity index (χ0v) is 13.5. The van der Waals surface area contributed by atoms with E-state index < -0.39 is 0 Å². The largest absolute Gasteiger partial charge is 0.496 e. The molecule has 1 N–H and O–H groups in total. The van der Waals surface area contributed by atoms with Gasteiger partial charge in [0, 0.05) is 0 Å². The summed E-state index contributed by atoms with van der Waals surface area (Å²) in [7, 11) is 1.66. The predicted molar refractivity (Wildman–Crippen MR) is 82.0 cm³/mol. The number of aromatic nitrogens is 2. The maximum atomic E-state index is 5.23. The van der Waals surface area contributed by atoms with E-state index in [1.165, 1.54) is 5.56 Å². The molecule has 1 atom stereocenters. The SMILES string of the molecule is CCc1nnc(NC(C)c2ccc(OC)c(Br)c2)s1. The van der Waals surface area contributed by atoms with Crippen molar-refractivity contribution in [3.05, 3.63) is 33.2 Å². The summed E-state index contributed by atoms with van der Waals surface area (Å²) in [5.74, 6) is 0.833. The number of anilines is 1. The standard InChI is InChI=1S/C13H16BrN3OS/c1-4-12-16-17-13(19-12)15-8(2)9-5-6-11(18-3)10(14)7-9/h5-8H,4H2,1-3H3,(H,15,17). The lowest BCUT2D eigenvalue weighted by Gasteiger charge is -2.14. The van der Waals surface area contributed by atoms with E-state index >= 15 is 0 Å². The Balaban J connectivity index is 2.10.